The predicted octanol–water partition coefficient (Wildman–Crippen LogP) is 2.89. The van der Waals surface area contributed by atoms with Crippen LogP contribution in [0.15, 0.2) is 24.3 Å². The van der Waals surface area contributed by atoms with Crippen LogP contribution >= 0.6 is 11.6 Å². The van der Waals surface area contributed by atoms with Crippen LogP contribution in [0.3, 0.4) is 0 Å². The molecule has 1 aliphatic rings. The lowest BCUT2D eigenvalue weighted by Gasteiger charge is -2.30. The fraction of sp³-hybridized carbons (Fsp3) is 0.462. The Hall–Kier alpha value is -0.860. The van der Waals surface area contributed by atoms with E-state index >= 15 is 0 Å². The van der Waals surface area contributed by atoms with E-state index in [9.17, 15) is 4.79 Å². The third-order valence-corrected chi connectivity index (χ3v) is 3.77. The zero-order valence-electron chi connectivity index (χ0n) is 9.66. The van der Waals surface area contributed by atoms with Crippen molar-refractivity contribution in [2.45, 2.75) is 32.4 Å². The average molecular weight is 238 g/mol. The summed E-state index contributed by atoms with van der Waals surface area (Å²) in [5, 5.41) is 0.776. The molecule has 2 rings (SSSR count). The number of likely N-dealkylation sites (tertiary alicyclic amines) is 1. The molecule has 0 radical (unpaired) electrons. The van der Waals surface area contributed by atoms with Crippen LogP contribution in [0, 0.1) is 0 Å². The molecule has 0 N–H and O–H groups in total. The van der Waals surface area contributed by atoms with Gasteiger partial charge in [-0.05, 0) is 25.5 Å². The molecule has 2 nitrogen and oxygen atoms in total. The molecule has 0 bridgehead atoms. The topological polar surface area (TPSA) is 20.3 Å². The van der Waals surface area contributed by atoms with Gasteiger partial charge in [-0.3, -0.25) is 9.69 Å². The molecular weight excluding hydrogens is 222 g/mol. The van der Waals surface area contributed by atoms with Gasteiger partial charge < -0.3 is 0 Å². The van der Waals surface area contributed by atoms with E-state index in [-0.39, 0.29) is 5.54 Å². The van der Waals surface area contributed by atoms with Crippen LogP contribution in [-0.2, 0) is 11.3 Å². The van der Waals surface area contributed by atoms with Gasteiger partial charge in [0.2, 0.25) is 0 Å². The Morgan fingerprint density at radius 2 is 2.06 bits per heavy atom. The normalized spacial score (nSPS) is 20.3. The minimum atomic E-state index is -0.348. The summed E-state index contributed by atoms with van der Waals surface area (Å²) in [6.07, 6.45) is 0.650. The van der Waals surface area contributed by atoms with Crippen LogP contribution in [-0.4, -0.2) is 22.8 Å². The number of hydrogen-bond donors (Lipinski definition) is 0. The van der Waals surface area contributed by atoms with E-state index in [2.05, 4.69) is 4.90 Å². The number of carbonyl (C=O) groups is 1. The highest BCUT2D eigenvalue weighted by molar-refractivity contribution is 6.31. The van der Waals surface area contributed by atoms with Gasteiger partial charge in [-0.15, -0.1) is 0 Å². The Morgan fingerprint density at radius 1 is 1.38 bits per heavy atom. The summed E-state index contributed by atoms with van der Waals surface area (Å²) in [6.45, 7) is 5.55. The predicted molar refractivity (Wildman–Crippen MR) is 65.6 cm³/mol. The monoisotopic (exact) mass is 237 g/mol. The lowest BCUT2D eigenvalue weighted by atomic mass is 10.00. The number of nitrogens with zero attached hydrogens (tertiary/aromatic N) is 1. The fourth-order valence-electron chi connectivity index (χ4n) is 2.11. The number of Topliss-reactive ketones (excluding diaryl/α,β-unsaturated/α-hetero) is 1. The molecule has 0 unspecified atom stereocenters. The van der Waals surface area contributed by atoms with E-state index in [1.807, 2.05) is 38.1 Å². The second kappa shape index (κ2) is 4.19. The lowest BCUT2D eigenvalue weighted by Crippen LogP contribution is -2.42. The maximum atomic E-state index is 11.7. The molecule has 0 spiro atoms. The van der Waals surface area contributed by atoms with Crippen LogP contribution in [0.25, 0.3) is 0 Å². The molecule has 0 aliphatic carbocycles. The maximum absolute atomic E-state index is 11.7. The van der Waals surface area contributed by atoms with Gasteiger partial charge in [-0.25, -0.2) is 0 Å². The number of benzene rings is 1. The largest absolute Gasteiger partial charge is 0.298 e. The van der Waals surface area contributed by atoms with Crippen LogP contribution in [0.1, 0.15) is 25.8 Å². The van der Waals surface area contributed by atoms with E-state index in [1.165, 1.54) is 0 Å². The van der Waals surface area contributed by atoms with Crippen LogP contribution in [0.2, 0.25) is 5.02 Å². The van der Waals surface area contributed by atoms with Gasteiger partial charge in [-0.1, -0.05) is 29.8 Å². The van der Waals surface area contributed by atoms with Crippen molar-refractivity contribution in [1.82, 2.24) is 4.90 Å². The summed E-state index contributed by atoms with van der Waals surface area (Å²) >= 11 is 6.12. The highest BCUT2D eigenvalue weighted by Gasteiger charge is 2.39. The molecule has 1 heterocycles. The first-order valence-electron chi connectivity index (χ1n) is 5.53. The molecule has 1 aromatic carbocycles. The Bertz CT molecular complexity index is 414. The molecule has 86 valence electrons. The lowest BCUT2D eigenvalue weighted by molar-refractivity contribution is -0.123. The minimum Gasteiger partial charge on any atom is -0.298 e. The number of halogens is 1. The summed E-state index contributed by atoms with van der Waals surface area (Å²) in [6, 6.07) is 7.81. The zero-order valence-corrected chi connectivity index (χ0v) is 10.4. The molecule has 0 atom stereocenters. The van der Waals surface area contributed by atoms with Crippen molar-refractivity contribution >= 4 is 17.4 Å². The molecule has 1 aliphatic heterocycles. The molecule has 0 saturated carbocycles. The first-order valence-corrected chi connectivity index (χ1v) is 5.91. The van der Waals surface area contributed by atoms with Gasteiger partial charge in [0, 0.05) is 24.5 Å². The van der Waals surface area contributed by atoms with Crippen molar-refractivity contribution in [2.24, 2.45) is 0 Å². The van der Waals surface area contributed by atoms with Crippen molar-refractivity contribution in [2.75, 3.05) is 6.54 Å². The first kappa shape index (κ1) is 11.6. The van der Waals surface area contributed by atoms with Crippen LogP contribution < -0.4 is 0 Å². The van der Waals surface area contributed by atoms with E-state index in [4.69, 9.17) is 11.6 Å². The van der Waals surface area contributed by atoms with Gasteiger partial charge in [0.05, 0.1) is 5.54 Å². The Balaban J connectivity index is 2.18. The molecule has 0 amide bonds. The third kappa shape index (κ3) is 2.00. The molecule has 3 heteroatoms. The highest BCUT2D eigenvalue weighted by Crippen LogP contribution is 2.28. The first-order chi connectivity index (χ1) is 7.51. The molecule has 1 fully saturated rings. The van der Waals surface area contributed by atoms with Gasteiger partial charge in [0.15, 0.2) is 5.78 Å². The maximum Gasteiger partial charge on any atom is 0.153 e. The highest BCUT2D eigenvalue weighted by atomic mass is 35.5. The van der Waals surface area contributed by atoms with Crippen molar-refractivity contribution in [1.29, 1.82) is 0 Å². The number of carbonyl (C=O) groups excluding carboxylic acids is 1. The zero-order chi connectivity index (χ0) is 11.8. The smallest absolute Gasteiger partial charge is 0.153 e. The molecule has 16 heavy (non-hydrogen) atoms. The van der Waals surface area contributed by atoms with E-state index < -0.39 is 0 Å². The number of hydrogen-bond acceptors (Lipinski definition) is 2. The summed E-state index contributed by atoms with van der Waals surface area (Å²) in [5.74, 6) is 0.319. The third-order valence-electron chi connectivity index (χ3n) is 3.40. The van der Waals surface area contributed by atoms with Crippen molar-refractivity contribution in [3.05, 3.63) is 34.9 Å². The van der Waals surface area contributed by atoms with Crippen molar-refractivity contribution in [3.63, 3.8) is 0 Å². The van der Waals surface area contributed by atoms with Gasteiger partial charge >= 0.3 is 0 Å². The van der Waals surface area contributed by atoms with Crippen LogP contribution in [0.5, 0.6) is 0 Å². The molecule has 1 aromatic rings. The Morgan fingerprint density at radius 3 is 2.62 bits per heavy atom. The molecule has 1 saturated heterocycles. The van der Waals surface area contributed by atoms with E-state index in [1.54, 1.807) is 0 Å². The standard InChI is InChI=1S/C13H16ClNO/c1-13(2)12(16)7-8-15(13)9-10-5-3-4-6-11(10)14/h3-6H,7-9H2,1-2H3. The SMILES string of the molecule is CC1(C)C(=O)CCN1Cc1ccccc1Cl. The average Bonchev–Trinajstić information content (AvgIpc) is 2.48. The Kier molecular flexibility index (Phi) is 3.04. The van der Waals surface area contributed by atoms with Crippen molar-refractivity contribution in [3.8, 4) is 0 Å². The minimum absolute atomic E-state index is 0.319. The van der Waals surface area contributed by atoms with Gasteiger partial charge in [-0.2, -0.15) is 0 Å². The van der Waals surface area contributed by atoms with E-state index in [0.29, 0.717) is 12.2 Å². The summed E-state index contributed by atoms with van der Waals surface area (Å²) in [7, 11) is 0. The number of ketones is 1. The quantitative estimate of drug-likeness (QED) is 0.789. The molecule has 0 aromatic heterocycles. The van der Waals surface area contributed by atoms with Gasteiger partial charge in [0.1, 0.15) is 0 Å². The van der Waals surface area contributed by atoms with Crippen molar-refractivity contribution < 1.29 is 4.79 Å². The number of rotatable bonds is 2. The van der Waals surface area contributed by atoms with Crippen LogP contribution in [0.4, 0.5) is 0 Å². The summed E-state index contributed by atoms with van der Waals surface area (Å²) in [4.78, 5) is 13.9. The van der Waals surface area contributed by atoms with Gasteiger partial charge in [0.25, 0.3) is 0 Å². The Labute approximate surface area is 101 Å². The summed E-state index contributed by atoms with van der Waals surface area (Å²) in [5.41, 5.74) is 0.742. The van der Waals surface area contributed by atoms with E-state index in [0.717, 1.165) is 23.7 Å². The second-order valence-electron chi connectivity index (χ2n) is 4.75. The second-order valence-corrected chi connectivity index (χ2v) is 5.15. The fourth-order valence-corrected chi connectivity index (χ4v) is 2.30. The summed E-state index contributed by atoms with van der Waals surface area (Å²) < 4.78 is 0. The molecular formula is C13H16ClNO.